The van der Waals surface area contributed by atoms with Crippen LogP contribution in [0.5, 0.6) is 0 Å². The molecule has 0 atom stereocenters. The maximum atomic E-state index is 6.52. The van der Waals surface area contributed by atoms with Gasteiger partial charge in [-0.05, 0) is 66.7 Å². The summed E-state index contributed by atoms with van der Waals surface area (Å²) in [6.07, 6.45) is 0. The van der Waals surface area contributed by atoms with E-state index in [1.54, 1.807) is 0 Å². The third kappa shape index (κ3) is 3.81. The Morgan fingerprint density at radius 2 is 1.11 bits per heavy atom. The number of hydrogen-bond acceptors (Lipinski definition) is 5. The second kappa shape index (κ2) is 9.72. The number of fused-ring (bicyclic) bond motifs is 5. The summed E-state index contributed by atoms with van der Waals surface area (Å²) in [5.41, 5.74) is 8.16. The number of aromatic nitrogens is 6. The largest absolute Gasteiger partial charge is 0.452 e. The lowest BCUT2D eigenvalue weighted by molar-refractivity contribution is 0.666. The molecule has 0 fully saturated rings. The lowest BCUT2D eigenvalue weighted by atomic mass is 10.2. The summed E-state index contributed by atoms with van der Waals surface area (Å²) in [5.74, 6) is 1.76. The molecule has 0 aliphatic carbocycles. The van der Waals surface area contributed by atoms with Crippen LogP contribution in [0.2, 0.25) is 0 Å². The van der Waals surface area contributed by atoms with Crippen LogP contribution >= 0.6 is 15.9 Å². The molecule has 0 N–H and O–H groups in total. The van der Waals surface area contributed by atoms with Gasteiger partial charge in [-0.2, -0.15) is 0 Å². The molecule has 0 bridgehead atoms. The first kappa shape index (κ1) is 24.9. The van der Waals surface area contributed by atoms with Crippen molar-refractivity contribution in [1.82, 2.24) is 29.1 Å². The highest BCUT2D eigenvalue weighted by molar-refractivity contribution is 9.10. The van der Waals surface area contributed by atoms with E-state index in [-0.39, 0.29) is 0 Å². The van der Waals surface area contributed by atoms with Crippen molar-refractivity contribution < 1.29 is 4.42 Å². The second-order valence-electron chi connectivity index (χ2n) is 10.5. The molecule has 0 unspecified atom stereocenters. The van der Waals surface area contributed by atoms with Gasteiger partial charge in [-0.15, -0.1) is 0 Å². The predicted molar refractivity (Wildman–Crippen MR) is 177 cm³/mol. The van der Waals surface area contributed by atoms with Gasteiger partial charge >= 0.3 is 0 Å². The Kier molecular flexibility index (Phi) is 5.51. The van der Waals surface area contributed by atoms with Gasteiger partial charge in [-0.25, -0.2) is 19.9 Å². The molecule has 0 aliphatic heterocycles. The van der Waals surface area contributed by atoms with Crippen LogP contribution in [0.25, 0.3) is 78.7 Å². The van der Waals surface area contributed by atoms with Crippen LogP contribution in [0, 0.1) is 0 Å². The monoisotopic (exact) mass is 632 g/mol. The second-order valence-corrected chi connectivity index (χ2v) is 11.4. The van der Waals surface area contributed by atoms with Gasteiger partial charge in [0.1, 0.15) is 11.1 Å². The smallest absolute Gasteiger partial charge is 0.197 e. The number of nitrogens with zero attached hydrogens (tertiary/aromatic N) is 6. The van der Waals surface area contributed by atoms with Gasteiger partial charge in [0.2, 0.25) is 0 Å². The van der Waals surface area contributed by atoms with Gasteiger partial charge in [0.15, 0.2) is 28.8 Å². The van der Waals surface area contributed by atoms with E-state index in [1.807, 2.05) is 91.0 Å². The average Bonchev–Trinajstić information content (AvgIpc) is 3.76. The van der Waals surface area contributed by atoms with Crippen LogP contribution in [0.15, 0.2) is 136 Å². The summed E-state index contributed by atoms with van der Waals surface area (Å²) in [6.45, 7) is 0. The van der Waals surface area contributed by atoms with Crippen molar-refractivity contribution in [3.63, 3.8) is 0 Å². The van der Waals surface area contributed by atoms with E-state index in [4.69, 9.17) is 24.4 Å². The van der Waals surface area contributed by atoms with Crippen molar-refractivity contribution in [3.8, 4) is 34.5 Å². The van der Waals surface area contributed by atoms with Crippen molar-refractivity contribution in [3.05, 3.63) is 132 Å². The lowest BCUT2D eigenvalue weighted by Gasteiger charge is -2.11. The number of para-hydroxylation sites is 6. The van der Waals surface area contributed by atoms with Gasteiger partial charge in [0.05, 0.1) is 22.1 Å². The zero-order valence-electron chi connectivity index (χ0n) is 23.1. The first-order valence-corrected chi connectivity index (χ1v) is 15.0. The Morgan fingerprint density at radius 3 is 1.77 bits per heavy atom. The highest BCUT2D eigenvalue weighted by Gasteiger charge is 2.26. The molecule has 0 aliphatic rings. The zero-order chi connectivity index (χ0) is 29.2. The Hall–Kier alpha value is -5.60. The molecule has 4 aromatic heterocycles. The summed E-state index contributed by atoms with van der Waals surface area (Å²) in [5, 5.41) is 0.879. The van der Waals surface area contributed by atoms with Crippen molar-refractivity contribution in [2.24, 2.45) is 0 Å². The van der Waals surface area contributed by atoms with E-state index in [0.717, 1.165) is 48.9 Å². The predicted octanol–water partition coefficient (Wildman–Crippen LogP) is 9.15. The van der Waals surface area contributed by atoms with Gasteiger partial charge < -0.3 is 4.42 Å². The minimum atomic E-state index is 0.474. The Balaban J connectivity index is 1.43. The van der Waals surface area contributed by atoms with E-state index >= 15 is 0 Å². The fourth-order valence-corrected chi connectivity index (χ4v) is 6.27. The third-order valence-electron chi connectivity index (χ3n) is 7.84. The number of furan rings is 1. The van der Waals surface area contributed by atoms with E-state index in [1.165, 1.54) is 0 Å². The third-order valence-corrected chi connectivity index (χ3v) is 8.33. The fourth-order valence-electron chi connectivity index (χ4n) is 5.91. The van der Waals surface area contributed by atoms with Crippen LogP contribution in [-0.2, 0) is 0 Å². The maximum Gasteiger partial charge on any atom is 0.197 e. The van der Waals surface area contributed by atoms with E-state index in [9.17, 15) is 0 Å². The minimum Gasteiger partial charge on any atom is -0.452 e. The molecule has 4 heterocycles. The first-order chi connectivity index (χ1) is 21.7. The Morgan fingerprint density at radius 1 is 0.545 bits per heavy atom. The molecule has 8 heteroatoms. The topological polar surface area (TPSA) is 74.6 Å². The highest BCUT2D eigenvalue weighted by atomic mass is 79.9. The van der Waals surface area contributed by atoms with Crippen molar-refractivity contribution >= 4 is 60.1 Å². The Bertz CT molecular complexity index is 2510. The molecular formula is C36H21BrN6O. The average molecular weight is 634 g/mol. The molecule has 0 saturated carbocycles. The quantitative estimate of drug-likeness (QED) is 0.193. The molecular weight excluding hydrogens is 612 g/mol. The van der Waals surface area contributed by atoms with E-state index in [0.29, 0.717) is 34.3 Å². The number of halogens is 1. The summed E-state index contributed by atoms with van der Waals surface area (Å²) >= 11 is 3.64. The van der Waals surface area contributed by atoms with E-state index < -0.39 is 0 Å². The highest BCUT2D eigenvalue weighted by Crippen LogP contribution is 2.39. The zero-order valence-corrected chi connectivity index (χ0v) is 24.7. The van der Waals surface area contributed by atoms with Crippen LogP contribution in [0.3, 0.4) is 0 Å². The van der Waals surface area contributed by atoms with Crippen molar-refractivity contribution in [2.45, 2.75) is 0 Å². The van der Waals surface area contributed by atoms with Gasteiger partial charge in [0.25, 0.3) is 0 Å². The standard InChI is InChI=1S/C36H21BrN6O/c37-22-19-20-30-25(21-22)31-33(44-30)32(35-38-26-15-7-9-17-28(26)42(35)23-11-3-1-4-12-23)41-34(40-31)36-39-27-16-8-10-18-29(27)43(36)24-13-5-2-6-14-24/h1-21H. The van der Waals surface area contributed by atoms with E-state index in [2.05, 4.69) is 61.5 Å². The van der Waals surface area contributed by atoms with Crippen LogP contribution in [0.1, 0.15) is 0 Å². The fraction of sp³-hybridized carbons (Fsp3) is 0. The molecule has 7 nitrogen and oxygen atoms in total. The summed E-state index contributed by atoms with van der Waals surface area (Å²) in [7, 11) is 0. The number of benzene rings is 5. The van der Waals surface area contributed by atoms with Crippen LogP contribution < -0.4 is 0 Å². The molecule has 9 rings (SSSR count). The molecule has 9 aromatic rings. The normalized spacial score (nSPS) is 11.8. The molecule has 44 heavy (non-hydrogen) atoms. The molecule has 0 radical (unpaired) electrons. The number of imidazole rings is 2. The SMILES string of the molecule is Brc1ccc2oc3c(-c4nc5ccccc5n4-c4ccccc4)nc(-c4nc5ccccc5n4-c4ccccc4)nc3c2c1. The summed E-state index contributed by atoms with van der Waals surface area (Å²) in [4.78, 5) is 20.6. The van der Waals surface area contributed by atoms with Gasteiger partial charge in [0, 0.05) is 21.2 Å². The first-order valence-electron chi connectivity index (χ1n) is 14.2. The van der Waals surface area contributed by atoms with Gasteiger partial charge in [-0.3, -0.25) is 9.13 Å². The number of hydrogen-bond donors (Lipinski definition) is 0. The molecule has 0 saturated heterocycles. The molecule has 0 amide bonds. The van der Waals surface area contributed by atoms with Crippen LogP contribution in [-0.4, -0.2) is 29.1 Å². The molecule has 0 spiro atoms. The lowest BCUT2D eigenvalue weighted by Crippen LogP contribution is -2.04. The van der Waals surface area contributed by atoms with Crippen molar-refractivity contribution in [2.75, 3.05) is 0 Å². The molecule has 208 valence electrons. The minimum absolute atomic E-state index is 0.474. The Labute approximate surface area is 259 Å². The maximum absolute atomic E-state index is 6.52. The summed E-state index contributed by atoms with van der Waals surface area (Å²) < 4.78 is 11.7. The van der Waals surface area contributed by atoms with Crippen LogP contribution in [0.4, 0.5) is 0 Å². The number of rotatable bonds is 4. The summed E-state index contributed by atoms with van der Waals surface area (Å²) in [6, 6.07) is 42.5. The van der Waals surface area contributed by atoms with Crippen molar-refractivity contribution in [1.29, 1.82) is 0 Å². The van der Waals surface area contributed by atoms with Gasteiger partial charge in [-0.1, -0.05) is 76.6 Å². The molecule has 5 aromatic carbocycles.